The first-order valence-corrected chi connectivity index (χ1v) is 15.7. The molecule has 4 aliphatic carbocycles. The van der Waals surface area contributed by atoms with E-state index in [4.69, 9.17) is 34.8 Å². The van der Waals surface area contributed by atoms with Crippen molar-refractivity contribution in [1.82, 2.24) is 5.32 Å². The highest BCUT2D eigenvalue weighted by Gasteiger charge is 2.70. The highest BCUT2D eigenvalue weighted by atomic mass is 35.5. The van der Waals surface area contributed by atoms with Gasteiger partial charge in [-0.15, -0.1) is 34.8 Å². The molecule has 1 unspecified atom stereocenters. The number of hydrogen-bond acceptors (Lipinski definition) is 4. The predicted molar refractivity (Wildman–Crippen MR) is 164 cm³/mol. The van der Waals surface area contributed by atoms with Crippen molar-refractivity contribution in [3.63, 3.8) is 0 Å². The number of carboxylic acids is 1. The zero-order valence-electron chi connectivity index (χ0n) is 22.7. The monoisotopic (exact) mass is 670 g/mol. The van der Waals surface area contributed by atoms with Gasteiger partial charge in [0, 0.05) is 36.9 Å². The van der Waals surface area contributed by atoms with Crippen LogP contribution in [0, 0.1) is 5.41 Å². The minimum absolute atomic E-state index is 0.0713. The van der Waals surface area contributed by atoms with E-state index in [1.54, 1.807) is 24.3 Å². The molecule has 228 valence electrons. The number of amides is 1. The molecule has 0 radical (unpaired) electrons. The van der Waals surface area contributed by atoms with Crippen LogP contribution in [0.3, 0.4) is 0 Å². The average Bonchev–Trinajstić information content (AvgIpc) is 2.87. The molecule has 1 atom stereocenters. The molecule has 12 heteroatoms. The van der Waals surface area contributed by atoms with Crippen molar-refractivity contribution in [2.45, 2.75) is 76.1 Å². The number of rotatable bonds is 8. The number of nitrogens with one attached hydrogen (secondary N) is 2. The molecule has 0 heterocycles. The van der Waals surface area contributed by atoms with Crippen LogP contribution in [-0.4, -0.2) is 43.2 Å². The summed E-state index contributed by atoms with van der Waals surface area (Å²) < 4.78 is 38.2. The Bertz CT molecular complexity index is 1550. The van der Waals surface area contributed by atoms with E-state index in [1.165, 1.54) is 12.1 Å². The molecule has 3 aromatic rings. The summed E-state index contributed by atoms with van der Waals surface area (Å²) in [5, 5.41) is 18.1. The molecule has 4 bridgehead atoms. The molecular formula is C31H28Cl3F3N2O3S. The summed E-state index contributed by atoms with van der Waals surface area (Å²) >= 11 is 20.8. The molecule has 0 spiro atoms. The van der Waals surface area contributed by atoms with Crippen LogP contribution in [-0.2, 0) is 11.3 Å². The Labute approximate surface area is 265 Å². The third-order valence-electron chi connectivity index (χ3n) is 8.84. The lowest BCUT2D eigenvalue weighted by Gasteiger charge is -2.66. The summed E-state index contributed by atoms with van der Waals surface area (Å²) in [5.74, 6) is -1.76. The lowest BCUT2D eigenvalue weighted by molar-refractivity contribution is -0.148. The largest absolute Gasteiger partial charge is 0.480 e. The van der Waals surface area contributed by atoms with E-state index < -0.39 is 43.5 Å². The van der Waals surface area contributed by atoms with Crippen molar-refractivity contribution in [1.29, 1.82) is 0 Å². The number of thioether (sulfide) groups is 1. The topological polar surface area (TPSA) is 78.4 Å². The first-order valence-electron chi connectivity index (χ1n) is 13.8. The third-order valence-corrected chi connectivity index (χ3v) is 10.8. The van der Waals surface area contributed by atoms with Gasteiger partial charge in [0.05, 0.1) is 11.3 Å². The second-order valence-corrected chi connectivity index (χ2v) is 15.9. The molecule has 1 amide bonds. The van der Waals surface area contributed by atoms with Crippen molar-refractivity contribution in [2.24, 2.45) is 5.41 Å². The first kappa shape index (κ1) is 30.7. The van der Waals surface area contributed by atoms with Gasteiger partial charge in [-0.1, -0.05) is 42.5 Å². The van der Waals surface area contributed by atoms with Gasteiger partial charge < -0.3 is 15.7 Å². The molecule has 7 rings (SSSR count). The van der Waals surface area contributed by atoms with Crippen molar-refractivity contribution < 1.29 is 27.9 Å². The number of carboxylic acid groups (broad SMARTS) is 1. The van der Waals surface area contributed by atoms with Crippen LogP contribution >= 0.6 is 46.6 Å². The average molecular weight is 672 g/mol. The number of alkyl halides is 6. The Morgan fingerprint density at radius 3 is 2.00 bits per heavy atom. The molecule has 4 fully saturated rings. The molecular weight excluding hydrogens is 644 g/mol. The number of hydrogen-bond donors (Lipinski definition) is 3. The lowest BCUT2D eigenvalue weighted by atomic mass is 9.46. The lowest BCUT2D eigenvalue weighted by Crippen LogP contribution is -2.70. The number of benzene rings is 3. The maximum Gasteiger partial charge on any atom is 0.446 e. The summed E-state index contributed by atoms with van der Waals surface area (Å²) in [6.45, 7) is 0.218. The maximum absolute atomic E-state index is 13.9. The quantitative estimate of drug-likeness (QED) is 0.165. The number of carbonyl (C=O) groups is 2. The van der Waals surface area contributed by atoms with Gasteiger partial charge in [0.1, 0.15) is 6.04 Å². The van der Waals surface area contributed by atoms with E-state index in [9.17, 15) is 27.9 Å². The molecule has 43 heavy (non-hydrogen) atoms. The highest BCUT2D eigenvalue weighted by molar-refractivity contribution is 8.00. The van der Waals surface area contributed by atoms with E-state index in [0.717, 1.165) is 10.8 Å². The van der Waals surface area contributed by atoms with Gasteiger partial charge in [-0.2, -0.15) is 13.2 Å². The van der Waals surface area contributed by atoms with Crippen molar-refractivity contribution in [3.8, 4) is 0 Å². The first-order chi connectivity index (χ1) is 20.1. The van der Waals surface area contributed by atoms with Crippen LogP contribution in [0.2, 0.25) is 0 Å². The van der Waals surface area contributed by atoms with E-state index in [1.807, 2.05) is 24.3 Å². The predicted octanol–water partition coefficient (Wildman–Crippen LogP) is 8.55. The SMILES string of the molecule is O=C(NC(C(=O)O)C12CC3(Cl)CC(Cl)(CC(Cl)(C3)C1)C2)c1ccc2ccccc2c1NCc1ccc(SC(F)(F)F)cc1. The number of halogens is 6. The van der Waals surface area contributed by atoms with Crippen LogP contribution in [0.1, 0.15) is 54.4 Å². The second kappa shape index (κ2) is 10.6. The van der Waals surface area contributed by atoms with Crippen LogP contribution in [0.5, 0.6) is 0 Å². The molecule has 3 aromatic carbocycles. The fraction of sp³-hybridized carbons (Fsp3) is 0.419. The van der Waals surface area contributed by atoms with Crippen molar-refractivity contribution in [2.75, 3.05) is 5.32 Å². The van der Waals surface area contributed by atoms with Crippen LogP contribution in [0.15, 0.2) is 65.6 Å². The minimum atomic E-state index is -4.38. The fourth-order valence-corrected chi connectivity index (χ4v) is 11.1. The van der Waals surface area contributed by atoms with Gasteiger partial charge in [-0.05, 0) is 79.4 Å². The Balaban J connectivity index is 1.29. The highest BCUT2D eigenvalue weighted by Crippen LogP contribution is 2.71. The van der Waals surface area contributed by atoms with Gasteiger partial charge >= 0.3 is 11.5 Å². The van der Waals surface area contributed by atoms with E-state index in [0.29, 0.717) is 49.8 Å². The maximum atomic E-state index is 13.9. The molecule has 0 aromatic heterocycles. The number of carbonyl (C=O) groups excluding carboxylic acids is 1. The third kappa shape index (κ3) is 6.15. The zero-order chi connectivity index (χ0) is 30.8. The zero-order valence-corrected chi connectivity index (χ0v) is 25.8. The van der Waals surface area contributed by atoms with Crippen LogP contribution < -0.4 is 10.6 Å². The molecule has 4 saturated carbocycles. The van der Waals surface area contributed by atoms with E-state index in [-0.39, 0.29) is 28.8 Å². The smallest absolute Gasteiger partial charge is 0.446 e. The van der Waals surface area contributed by atoms with Crippen LogP contribution in [0.25, 0.3) is 10.8 Å². The van der Waals surface area contributed by atoms with Crippen molar-refractivity contribution >= 4 is 74.9 Å². The normalized spacial score (nSPS) is 30.3. The Morgan fingerprint density at radius 2 is 1.44 bits per heavy atom. The molecule has 0 saturated heterocycles. The minimum Gasteiger partial charge on any atom is -0.480 e. The number of aliphatic carboxylic acids is 1. The summed E-state index contributed by atoms with van der Waals surface area (Å²) in [7, 11) is 0. The van der Waals surface area contributed by atoms with Crippen molar-refractivity contribution in [3.05, 3.63) is 71.8 Å². The molecule has 5 nitrogen and oxygen atoms in total. The summed E-state index contributed by atoms with van der Waals surface area (Å²) in [6.07, 6.45) is 2.75. The standard InChI is InChI=1S/C31H28Cl3F3N2O3S/c32-28-12-27(13-29(33,15-28)17-30(34,14-27)16-28)24(26(41)42)39-25(40)22-10-7-19-3-1-2-4-21(19)23(22)38-11-18-5-8-20(9-6-18)43-31(35,36)37/h1-10,24,38H,11-17H2,(H,39,40)(H,41,42). The Morgan fingerprint density at radius 1 is 0.860 bits per heavy atom. The second-order valence-electron chi connectivity index (χ2n) is 12.4. The van der Waals surface area contributed by atoms with E-state index >= 15 is 0 Å². The van der Waals surface area contributed by atoms with Gasteiger partial charge in [-0.3, -0.25) is 4.79 Å². The number of fused-ring (bicyclic) bond motifs is 1. The number of anilines is 1. The van der Waals surface area contributed by atoms with Crippen LogP contribution in [0.4, 0.5) is 18.9 Å². The van der Waals surface area contributed by atoms with Gasteiger partial charge in [0.2, 0.25) is 0 Å². The molecule has 3 N–H and O–H groups in total. The summed E-state index contributed by atoms with van der Waals surface area (Å²) in [6, 6.07) is 15.5. The fourth-order valence-electron chi connectivity index (χ4n) is 7.99. The summed E-state index contributed by atoms with van der Waals surface area (Å²) in [4.78, 5) is 24.6. The van der Waals surface area contributed by atoms with E-state index in [2.05, 4.69) is 10.6 Å². The Kier molecular flexibility index (Phi) is 7.59. The van der Waals surface area contributed by atoms with Gasteiger partial charge in [0.25, 0.3) is 5.91 Å². The Hall–Kier alpha value is -2.33. The molecule has 0 aliphatic heterocycles. The van der Waals surface area contributed by atoms with Gasteiger partial charge in [-0.25, -0.2) is 4.79 Å². The van der Waals surface area contributed by atoms with Gasteiger partial charge in [0.15, 0.2) is 0 Å². The molecule has 4 aliphatic rings. The summed E-state index contributed by atoms with van der Waals surface area (Å²) in [5.41, 5.74) is -3.87.